The van der Waals surface area contributed by atoms with E-state index in [4.69, 9.17) is 4.74 Å². The van der Waals surface area contributed by atoms with Gasteiger partial charge in [-0.15, -0.1) is 12.4 Å². The SMILES string of the molecule is COc1c(CNC(C)CN2CCCC2=O)c(C)nn1C.Cl. The molecule has 1 aromatic heterocycles. The van der Waals surface area contributed by atoms with Gasteiger partial charge in [-0.25, -0.2) is 4.68 Å². The molecule has 6 nitrogen and oxygen atoms in total. The van der Waals surface area contributed by atoms with Crippen molar-refractivity contribution in [3.05, 3.63) is 11.3 Å². The molecule has 1 saturated heterocycles. The van der Waals surface area contributed by atoms with Gasteiger partial charge < -0.3 is 15.0 Å². The molecule has 120 valence electrons. The molecule has 21 heavy (non-hydrogen) atoms. The molecule has 1 atom stereocenters. The molecule has 2 heterocycles. The van der Waals surface area contributed by atoms with E-state index in [0.29, 0.717) is 13.0 Å². The number of aromatic nitrogens is 2. The molecule has 1 aliphatic heterocycles. The van der Waals surface area contributed by atoms with Gasteiger partial charge in [0.1, 0.15) is 0 Å². The summed E-state index contributed by atoms with van der Waals surface area (Å²) in [5.74, 6) is 1.06. The van der Waals surface area contributed by atoms with Gasteiger partial charge in [-0.05, 0) is 20.3 Å². The van der Waals surface area contributed by atoms with Crippen molar-refractivity contribution in [3.8, 4) is 5.88 Å². The summed E-state index contributed by atoms with van der Waals surface area (Å²) in [5, 5.41) is 7.81. The highest BCUT2D eigenvalue weighted by atomic mass is 35.5. The van der Waals surface area contributed by atoms with Crippen LogP contribution in [-0.2, 0) is 18.4 Å². The fourth-order valence-electron chi connectivity index (χ4n) is 2.71. The van der Waals surface area contributed by atoms with E-state index in [9.17, 15) is 4.79 Å². The fraction of sp³-hybridized carbons (Fsp3) is 0.714. The van der Waals surface area contributed by atoms with E-state index >= 15 is 0 Å². The van der Waals surface area contributed by atoms with Crippen molar-refractivity contribution in [3.63, 3.8) is 0 Å². The standard InChI is InChI=1S/C14H24N4O2.ClH/c1-10(9-18-7-5-6-13(18)19)15-8-12-11(2)16-17(3)14(12)20-4;/h10,15H,5-9H2,1-4H3;1H. The van der Waals surface area contributed by atoms with Crippen LogP contribution in [0.1, 0.15) is 31.0 Å². The summed E-state index contributed by atoms with van der Waals surface area (Å²) in [6.45, 7) is 6.44. The lowest BCUT2D eigenvalue weighted by molar-refractivity contribution is -0.127. The van der Waals surface area contributed by atoms with Gasteiger partial charge in [0.25, 0.3) is 0 Å². The van der Waals surface area contributed by atoms with Crippen molar-refractivity contribution in [2.75, 3.05) is 20.2 Å². The molecule has 1 unspecified atom stereocenters. The first-order chi connectivity index (χ1) is 9.52. The maximum atomic E-state index is 11.6. The second-order valence-corrected chi connectivity index (χ2v) is 5.42. The first-order valence-corrected chi connectivity index (χ1v) is 7.10. The first kappa shape index (κ1) is 17.8. The number of amides is 1. The van der Waals surface area contributed by atoms with E-state index in [0.717, 1.165) is 36.6 Å². The Morgan fingerprint density at radius 1 is 1.48 bits per heavy atom. The van der Waals surface area contributed by atoms with Crippen LogP contribution in [0, 0.1) is 6.92 Å². The quantitative estimate of drug-likeness (QED) is 0.858. The first-order valence-electron chi connectivity index (χ1n) is 7.10. The van der Waals surface area contributed by atoms with Gasteiger partial charge in [0.2, 0.25) is 11.8 Å². The summed E-state index contributed by atoms with van der Waals surface area (Å²) in [7, 11) is 3.54. The third-order valence-corrected chi connectivity index (χ3v) is 3.78. The van der Waals surface area contributed by atoms with Crippen LogP contribution in [0.15, 0.2) is 0 Å². The highest BCUT2D eigenvalue weighted by Crippen LogP contribution is 2.20. The van der Waals surface area contributed by atoms with Crippen LogP contribution in [0.3, 0.4) is 0 Å². The number of hydrogen-bond donors (Lipinski definition) is 1. The number of carbonyl (C=O) groups excluding carboxylic acids is 1. The predicted molar refractivity (Wildman–Crippen MR) is 83.9 cm³/mol. The Balaban J connectivity index is 0.00000220. The molecule has 1 N–H and O–H groups in total. The molecular formula is C14H25ClN4O2. The summed E-state index contributed by atoms with van der Waals surface area (Å²) < 4.78 is 7.13. The number of likely N-dealkylation sites (tertiary alicyclic amines) is 1. The van der Waals surface area contributed by atoms with Crippen molar-refractivity contribution in [1.82, 2.24) is 20.0 Å². The Morgan fingerprint density at radius 3 is 2.76 bits per heavy atom. The smallest absolute Gasteiger partial charge is 0.222 e. The lowest BCUT2D eigenvalue weighted by Crippen LogP contribution is -2.39. The van der Waals surface area contributed by atoms with Crippen LogP contribution >= 0.6 is 12.4 Å². The molecule has 1 aromatic rings. The summed E-state index contributed by atoms with van der Waals surface area (Å²) >= 11 is 0. The minimum Gasteiger partial charge on any atom is -0.481 e. The molecule has 1 aliphatic rings. The van der Waals surface area contributed by atoms with E-state index in [-0.39, 0.29) is 24.4 Å². The minimum absolute atomic E-state index is 0. The number of halogens is 1. The average Bonchev–Trinajstić information content (AvgIpc) is 2.91. The molecule has 0 radical (unpaired) electrons. The Hall–Kier alpha value is -1.27. The van der Waals surface area contributed by atoms with E-state index in [1.54, 1.807) is 11.8 Å². The molecule has 1 amide bonds. The Labute approximate surface area is 132 Å². The summed E-state index contributed by atoms with van der Waals surface area (Å²) in [6, 6.07) is 0.251. The van der Waals surface area contributed by atoms with Gasteiger partial charge >= 0.3 is 0 Å². The van der Waals surface area contributed by atoms with Gasteiger partial charge in [0, 0.05) is 39.1 Å². The zero-order valence-electron chi connectivity index (χ0n) is 13.2. The second-order valence-electron chi connectivity index (χ2n) is 5.42. The summed E-state index contributed by atoms with van der Waals surface area (Å²) in [6.07, 6.45) is 1.68. The average molecular weight is 317 g/mol. The number of carbonyl (C=O) groups is 1. The molecule has 0 aromatic carbocycles. The van der Waals surface area contributed by atoms with Crippen molar-refractivity contribution in [2.24, 2.45) is 7.05 Å². The van der Waals surface area contributed by atoms with Crippen LogP contribution < -0.4 is 10.1 Å². The van der Waals surface area contributed by atoms with Crippen LogP contribution in [0.25, 0.3) is 0 Å². The minimum atomic E-state index is 0. The van der Waals surface area contributed by atoms with E-state index in [2.05, 4.69) is 17.3 Å². The monoisotopic (exact) mass is 316 g/mol. The maximum absolute atomic E-state index is 11.6. The van der Waals surface area contributed by atoms with Crippen molar-refractivity contribution >= 4 is 18.3 Å². The third kappa shape index (κ3) is 4.11. The number of aryl methyl sites for hydroxylation is 2. The predicted octanol–water partition coefficient (Wildman–Crippen LogP) is 1.26. The van der Waals surface area contributed by atoms with E-state index in [1.165, 1.54) is 0 Å². The third-order valence-electron chi connectivity index (χ3n) is 3.78. The topological polar surface area (TPSA) is 59.4 Å². The van der Waals surface area contributed by atoms with E-state index in [1.807, 2.05) is 18.9 Å². The molecule has 7 heteroatoms. The molecule has 1 fully saturated rings. The van der Waals surface area contributed by atoms with E-state index < -0.39 is 0 Å². The number of ether oxygens (including phenoxy) is 1. The van der Waals surface area contributed by atoms with Crippen LogP contribution in [-0.4, -0.2) is 46.8 Å². The molecule has 0 spiro atoms. The van der Waals surface area contributed by atoms with Crippen molar-refractivity contribution < 1.29 is 9.53 Å². The molecule has 0 saturated carbocycles. The molecular weight excluding hydrogens is 292 g/mol. The van der Waals surface area contributed by atoms with Gasteiger partial charge in [-0.2, -0.15) is 5.10 Å². The highest BCUT2D eigenvalue weighted by Gasteiger charge is 2.22. The van der Waals surface area contributed by atoms with Gasteiger partial charge in [0.05, 0.1) is 18.4 Å². The number of methoxy groups -OCH3 is 1. The summed E-state index contributed by atoms with van der Waals surface area (Å²) in [5.41, 5.74) is 2.05. The van der Waals surface area contributed by atoms with Crippen molar-refractivity contribution in [2.45, 2.75) is 39.3 Å². The largest absolute Gasteiger partial charge is 0.481 e. The van der Waals surface area contributed by atoms with Crippen LogP contribution in [0.2, 0.25) is 0 Å². The maximum Gasteiger partial charge on any atom is 0.222 e. The lowest BCUT2D eigenvalue weighted by Gasteiger charge is -2.21. The Bertz CT molecular complexity index is 490. The summed E-state index contributed by atoms with van der Waals surface area (Å²) in [4.78, 5) is 13.5. The number of hydrogen-bond acceptors (Lipinski definition) is 4. The number of nitrogens with zero attached hydrogens (tertiary/aromatic N) is 3. The van der Waals surface area contributed by atoms with Gasteiger partial charge in [-0.1, -0.05) is 0 Å². The molecule has 0 bridgehead atoms. The van der Waals surface area contributed by atoms with Crippen LogP contribution in [0.4, 0.5) is 0 Å². The molecule has 0 aliphatic carbocycles. The van der Waals surface area contributed by atoms with Crippen LogP contribution in [0.5, 0.6) is 5.88 Å². The highest BCUT2D eigenvalue weighted by molar-refractivity contribution is 5.85. The number of nitrogens with one attached hydrogen (secondary N) is 1. The normalized spacial score (nSPS) is 16.0. The Kier molecular flexibility index (Phi) is 6.48. The zero-order chi connectivity index (χ0) is 14.7. The fourth-order valence-corrected chi connectivity index (χ4v) is 2.71. The number of rotatable bonds is 6. The second kappa shape index (κ2) is 7.66. The lowest BCUT2D eigenvalue weighted by atomic mass is 10.2. The van der Waals surface area contributed by atoms with Crippen molar-refractivity contribution in [1.29, 1.82) is 0 Å². The van der Waals surface area contributed by atoms with Gasteiger partial charge in [0.15, 0.2) is 0 Å². The molecule has 2 rings (SSSR count). The van der Waals surface area contributed by atoms with Gasteiger partial charge in [-0.3, -0.25) is 4.79 Å². The Morgan fingerprint density at radius 2 is 2.19 bits per heavy atom. The zero-order valence-corrected chi connectivity index (χ0v) is 14.0.